The predicted molar refractivity (Wildman–Crippen MR) is 101 cm³/mol. The molecule has 1 aliphatic heterocycles. The maximum atomic E-state index is 12.0. The molecule has 1 amide bonds. The van der Waals surface area contributed by atoms with Gasteiger partial charge >= 0.3 is 6.01 Å². The van der Waals surface area contributed by atoms with Crippen molar-refractivity contribution in [3.8, 4) is 12.1 Å². The molecule has 1 aliphatic rings. The number of hydrogen-bond donors (Lipinski definition) is 2. The highest BCUT2D eigenvalue weighted by molar-refractivity contribution is 5.79. The third kappa shape index (κ3) is 4.45. The summed E-state index contributed by atoms with van der Waals surface area (Å²) in [7, 11) is 0. The molecule has 0 bridgehead atoms. The van der Waals surface area contributed by atoms with Gasteiger partial charge in [-0.1, -0.05) is 0 Å². The van der Waals surface area contributed by atoms with Crippen molar-refractivity contribution in [3.63, 3.8) is 0 Å². The summed E-state index contributed by atoms with van der Waals surface area (Å²) >= 11 is 0. The number of amides is 1. The van der Waals surface area contributed by atoms with Crippen LogP contribution >= 0.6 is 0 Å². The van der Waals surface area contributed by atoms with Crippen LogP contribution in [0.5, 0.6) is 6.01 Å². The number of nitrogens with one attached hydrogen (secondary N) is 2. The summed E-state index contributed by atoms with van der Waals surface area (Å²) in [6, 6.07) is 3.34. The van der Waals surface area contributed by atoms with E-state index in [1.165, 1.54) is 18.6 Å². The first-order valence-electron chi connectivity index (χ1n) is 8.51. The number of carbonyl (C=O) groups is 1. The number of hydrogen-bond acceptors (Lipinski definition) is 8. The van der Waals surface area contributed by atoms with Gasteiger partial charge in [-0.25, -0.2) is 0 Å². The first-order valence-corrected chi connectivity index (χ1v) is 8.51. The van der Waals surface area contributed by atoms with Gasteiger partial charge in [0.15, 0.2) is 5.76 Å². The topological polar surface area (TPSA) is 148 Å². The zero-order valence-electron chi connectivity index (χ0n) is 14.8. The molecule has 0 saturated carbocycles. The smallest absolute Gasteiger partial charge is 0.302 e. The lowest BCUT2D eigenvalue weighted by molar-refractivity contribution is -0.129. The van der Waals surface area contributed by atoms with E-state index in [-0.39, 0.29) is 35.6 Å². The van der Waals surface area contributed by atoms with Crippen molar-refractivity contribution in [2.45, 2.75) is 12.8 Å². The number of nitriles is 1. The van der Waals surface area contributed by atoms with Crippen molar-refractivity contribution in [3.05, 3.63) is 40.8 Å². The molecular weight excluding hydrogens is 362 g/mol. The molecule has 0 spiro atoms. The van der Waals surface area contributed by atoms with Crippen LogP contribution in [0.1, 0.15) is 12.8 Å². The van der Waals surface area contributed by atoms with Gasteiger partial charge in [-0.05, 0) is 12.5 Å². The molecule has 0 aliphatic carbocycles. The van der Waals surface area contributed by atoms with Gasteiger partial charge < -0.3 is 15.0 Å². The molecular formula is C18H17N7O3. The van der Waals surface area contributed by atoms with Crippen molar-refractivity contribution in [1.29, 1.82) is 10.7 Å². The Labute approximate surface area is 159 Å². The number of ether oxygens (including phenoxy) is 1. The fraction of sp³-hybridized carbons (Fsp3) is 0.278. The maximum absolute atomic E-state index is 12.0. The summed E-state index contributed by atoms with van der Waals surface area (Å²) in [5.41, 5.74) is 0.00507. The molecule has 1 fully saturated rings. The van der Waals surface area contributed by atoms with Crippen LogP contribution in [0.3, 0.4) is 0 Å². The number of carbonyl (C=O) groups excluding carboxylic acids is 1. The van der Waals surface area contributed by atoms with Gasteiger partial charge in [-0.15, -0.1) is 0 Å². The Morgan fingerprint density at radius 2 is 2.43 bits per heavy atom. The van der Waals surface area contributed by atoms with Gasteiger partial charge in [0, 0.05) is 31.4 Å². The number of aromatic amines is 1. The van der Waals surface area contributed by atoms with E-state index in [4.69, 9.17) is 15.4 Å². The first kappa shape index (κ1) is 18.9. The molecule has 2 N–H and O–H groups in total. The van der Waals surface area contributed by atoms with E-state index in [2.05, 4.69) is 19.9 Å². The fourth-order valence-electron chi connectivity index (χ4n) is 2.78. The van der Waals surface area contributed by atoms with Crippen LogP contribution in [0.4, 0.5) is 0 Å². The monoisotopic (exact) mass is 379 g/mol. The van der Waals surface area contributed by atoms with Crippen LogP contribution in [-0.2, 0) is 4.79 Å². The fourth-order valence-corrected chi connectivity index (χ4v) is 2.78. The van der Waals surface area contributed by atoms with E-state index in [0.29, 0.717) is 24.0 Å². The van der Waals surface area contributed by atoms with E-state index in [1.54, 1.807) is 17.2 Å². The molecule has 2 aromatic rings. The summed E-state index contributed by atoms with van der Waals surface area (Å²) in [4.78, 5) is 40.1. The number of aromatic nitrogens is 3. The van der Waals surface area contributed by atoms with Gasteiger partial charge in [-0.2, -0.15) is 10.2 Å². The number of H-pyrrole nitrogens is 1. The first-order chi connectivity index (χ1) is 13.6. The minimum absolute atomic E-state index is 0.0652. The SMILES string of the molecule is N#CCC(=O)N1CCC(C=N/C=C(\C=N)Oc2nc3cnccc3c(=O)[nH]2)C1. The lowest BCUT2D eigenvalue weighted by atomic mass is 10.1. The van der Waals surface area contributed by atoms with Crippen LogP contribution in [0.2, 0.25) is 0 Å². The Morgan fingerprint density at radius 1 is 1.57 bits per heavy atom. The summed E-state index contributed by atoms with van der Waals surface area (Å²) in [5, 5.41) is 16.4. The van der Waals surface area contributed by atoms with Gasteiger partial charge in [0.2, 0.25) is 5.91 Å². The average molecular weight is 379 g/mol. The molecule has 1 saturated heterocycles. The van der Waals surface area contributed by atoms with Crippen LogP contribution < -0.4 is 10.3 Å². The second-order valence-electron chi connectivity index (χ2n) is 6.06. The molecule has 1 atom stereocenters. The van der Waals surface area contributed by atoms with Crippen molar-refractivity contribution in [1.82, 2.24) is 19.9 Å². The highest BCUT2D eigenvalue weighted by Gasteiger charge is 2.24. The van der Waals surface area contributed by atoms with E-state index in [0.717, 1.165) is 12.6 Å². The van der Waals surface area contributed by atoms with Crippen molar-refractivity contribution in [2.24, 2.45) is 10.9 Å². The quantitative estimate of drug-likeness (QED) is 0.565. The zero-order chi connectivity index (χ0) is 19.9. The molecule has 1 unspecified atom stereocenters. The third-order valence-corrected chi connectivity index (χ3v) is 4.15. The highest BCUT2D eigenvalue weighted by Crippen LogP contribution is 2.15. The van der Waals surface area contributed by atoms with Crippen molar-refractivity contribution in [2.75, 3.05) is 13.1 Å². The van der Waals surface area contributed by atoms with E-state index in [9.17, 15) is 9.59 Å². The van der Waals surface area contributed by atoms with Gasteiger partial charge in [-0.3, -0.25) is 24.5 Å². The van der Waals surface area contributed by atoms with Crippen LogP contribution in [0.25, 0.3) is 10.9 Å². The van der Waals surface area contributed by atoms with Gasteiger partial charge in [0.1, 0.15) is 6.42 Å². The predicted octanol–water partition coefficient (Wildman–Crippen LogP) is 1.02. The molecule has 28 heavy (non-hydrogen) atoms. The summed E-state index contributed by atoms with van der Waals surface area (Å²) in [6.07, 6.45) is 7.53. The summed E-state index contributed by atoms with van der Waals surface area (Å²) in [5.74, 6) is -0.0353. The minimum atomic E-state index is -0.372. The summed E-state index contributed by atoms with van der Waals surface area (Å²) < 4.78 is 5.42. The second-order valence-corrected chi connectivity index (χ2v) is 6.06. The Balaban J connectivity index is 1.66. The zero-order valence-corrected chi connectivity index (χ0v) is 14.8. The number of aliphatic imine (C=N–C) groups is 1. The van der Waals surface area contributed by atoms with Crippen LogP contribution in [-0.4, -0.2) is 51.3 Å². The van der Waals surface area contributed by atoms with E-state index >= 15 is 0 Å². The maximum Gasteiger partial charge on any atom is 0.302 e. The minimum Gasteiger partial charge on any atom is -0.422 e. The van der Waals surface area contributed by atoms with Gasteiger partial charge in [0.25, 0.3) is 5.56 Å². The van der Waals surface area contributed by atoms with Crippen molar-refractivity contribution >= 4 is 29.2 Å². The number of pyridine rings is 1. The molecule has 0 aromatic carbocycles. The Hall–Kier alpha value is -3.87. The molecule has 0 radical (unpaired) electrons. The van der Waals surface area contributed by atoms with E-state index < -0.39 is 0 Å². The lowest BCUT2D eigenvalue weighted by Gasteiger charge is -2.13. The molecule has 3 rings (SSSR count). The Morgan fingerprint density at radius 3 is 3.21 bits per heavy atom. The lowest BCUT2D eigenvalue weighted by Crippen LogP contribution is -2.28. The third-order valence-electron chi connectivity index (χ3n) is 4.15. The standard InChI is InChI=1S/C18H17N7O3/c19-4-1-16(26)25-6-3-12(11-25)8-22-9-13(7-20)28-18-23-15-10-21-5-2-14(15)17(27)24-18/h2,5,7-10,12,20H,1,3,6,11H2,(H,23,24,27)/b13-9+,20-7?,22-8?. The number of rotatable bonds is 6. The number of likely N-dealkylation sites (tertiary alicyclic amines) is 1. The molecule has 10 heteroatoms. The molecule has 10 nitrogen and oxygen atoms in total. The largest absolute Gasteiger partial charge is 0.422 e. The van der Waals surface area contributed by atoms with Gasteiger partial charge in [0.05, 0.1) is 35.6 Å². The van der Waals surface area contributed by atoms with E-state index in [1.807, 2.05) is 6.07 Å². The second kappa shape index (κ2) is 8.68. The average Bonchev–Trinajstić information content (AvgIpc) is 3.16. The highest BCUT2D eigenvalue weighted by atomic mass is 16.5. The number of fused-ring (bicyclic) bond motifs is 1. The Kier molecular flexibility index (Phi) is 5.86. The molecule has 142 valence electrons. The number of allylic oxidation sites excluding steroid dienone is 1. The van der Waals surface area contributed by atoms with Crippen molar-refractivity contribution < 1.29 is 9.53 Å². The van der Waals surface area contributed by atoms with Crippen LogP contribution in [0.15, 0.2) is 40.2 Å². The molecule has 3 heterocycles. The molecule has 2 aromatic heterocycles. The normalized spacial score (nSPS) is 17.0. The van der Waals surface area contributed by atoms with Crippen LogP contribution in [0, 0.1) is 22.7 Å². The summed E-state index contributed by atoms with van der Waals surface area (Å²) in [6.45, 7) is 1.09. The number of nitrogens with zero attached hydrogens (tertiary/aromatic N) is 5. The Bertz CT molecular complexity index is 1050.